The summed E-state index contributed by atoms with van der Waals surface area (Å²) in [7, 11) is -3.89. The molecule has 1 heterocycles. The molecule has 156 valence electrons. The average Bonchev–Trinajstić information content (AvgIpc) is 2.72. The molecule has 0 aromatic heterocycles. The minimum absolute atomic E-state index is 0.00334. The maximum atomic E-state index is 12.9. The van der Waals surface area contributed by atoms with Crippen molar-refractivity contribution in [3.8, 4) is 11.5 Å². The zero-order valence-corrected chi connectivity index (χ0v) is 17.7. The fraction of sp³-hybridized carbons (Fsp3) is 0.278. The number of carbonyl (C=O) groups is 1. The summed E-state index contributed by atoms with van der Waals surface area (Å²) in [5, 5.41) is 0. The Morgan fingerprint density at radius 2 is 1.34 bits per heavy atom. The molecule has 0 unspecified atom stereocenters. The number of fused-ring (bicyclic) bond motifs is 1. The summed E-state index contributed by atoms with van der Waals surface area (Å²) < 4.78 is 62.4. The predicted molar refractivity (Wildman–Crippen MR) is 104 cm³/mol. The van der Waals surface area contributed by atoms with Gasteiger partial charge in [0.1, 0.15) is 13.2 Å². The molecule has 29 heavy (non-hydrogen) atoms. The maximum Gasteiger partial charge on any atom is 0.267 e. The second-order valence-corrected chi connectivity index (χ2v) is 10.5. The van der Waals surface area contributed by atoms with E-state index in [9.17, 15) is 21.6 Å². The number of hydrogen-bond donors (Lipinski definition) is 0. The van der Waals surface area contributed by atoms with Crippen LogP contribution in [0.15, 0.2) is 52.3 Å². The van der Waals surface area contributed by atoms with Crippen LogP contribution >= 0.6 is 0 Å². The molecule has 1 aliphatic rings. The van der Waals surface area contributed by atoms with Crippen molar-refractivity contribution in [2.75, 3.05) is 34.4 Å². The van der Waals surface area contributed by atoms with Crippen molar-refractivity contribution in [1.82, 2.24) is 8.61 Å². The molecule has 0 aliphatic carbocycles. The van der Waals surface area contributed by atoms with Crippen molar-refractivity contribution in [3.63, 3.8) is 0 Å². The van der Waals surface area contributed by atoms with Gasteiger partial charge in [-0.2, -0.15) is 0 Å². The number of rotatable bonds is 5. The van der Waals surface area contributed by atoms with Crippen molar-refractivity contribution in [3.05, 3.63) is 48.0 Å². The highest BCUT2D eigenvalue weighted by molar-refractivity contribution is 7.89. The van der Waals surface area contributed by atoms with E-state index in [0.29, 0.717) is 23.3 Å². The van der Waals surface area contributed by atoms with Gasteiger partial charge in [0.25, 0.3) is 15.9 Å². The molecule has 0 spiro atoms. The van der Waals surface area contributed by atoms with Gasteiger partial charge in [0, 0.05) is 32.8 Å². The van der Waals surface area contributed by atoms with Crippen LogP contribution in [0, 0.1) is 0 Å². The molecule has 0 radical (unpaired) electrons. The summed E-state index contributed by atoms with van der Waals surface area (Å²) in [6.07, 6.45) is 0. The molecule has 0 N–H and O–H groups in total. The Labute approximate surface area is 169 Å². The Morgan fingerprint density at radius 3 is 1.93 bits per heavy atom. The Hall–Kier alpha value is -2.63. The number of sulfonamides is 2. The molecule has 2 aromatic carbocycles. The zero-order valence-electron chi connectivity index (χ0n) is 16.0. The number of hydrogen-bond acceptors (Lipinski definition) is 7. The SMILES string of the molecule is CN(C)S(=O)(=O)c1ccc(C(=O)N(C)S(=O)(=O)c2ccc3c(c2)OCCO3)cc1. The first-order chi connectivity index (χ1) is 13.5. The lowest BCUT2D eigenvalue weighted by molar-refractivity contribution is 0.0883. The predicted octanol–water partition coefficient (Wildman–Crippen LogP) is 1.17. The third kappa shape index (κ3) is 3.93. The molecule has 3 rings (SSSR count). The van der Waals surface area contributed by atoms with E-state index in [0.717, 1.165) is 11.4 Å². The fourth-order valence-electron chi connectivity index (χ4n) is 2.61. The van der Waals surface area contributed by atoms with Gasteiger partial charge >= 0.3 is 0 Å². The molecular weight excluding hydrogens is 420 g/mol. The smallest absolute Gasteiger partial charge is 0.267 e. The molecule has 0 atom stereocenters. The van der Waals surface area contributed by atoms with E-state index in [2.05, 4.69) is 0 Å². The molecule has 1 aliphatic heterocycles. The standard InChI is InChI=1S/C18H20N2O7S2/c1-19(2)28(22,23)14-6-4-13(5-7-14)18(21)20(3)29(24,25)15-8-9-16-17(12-15)27-11-10-26-16/h4-9,12H,10-11H2,1-3H3. The van der Waals surface area contributed by atoms with Crippen LogP contribution in [0.3, 0.4) is 0 Å². The molecule has 9 nitrogen and oxygen atoms in total. The number of amides is 1. The molecule has 11 heteroatoms. The van der Waals surface area contributed by atoms with Gasteiger partial charge in [0.15, 0.2) is 11.5 Å². The minimum Gasteiger partial charge on any atom is -0.486 e. The third-order valence-corrected chi connectivity index (χ3v) is 7.90. The van der Waals surface area contributed by atoms with E-state index in [1.807, 2.05) is 0 Å². The zero-order chi connectivity index (χ0) is 21.4. The van der Waals surface area contributed by atoms with Gasteiger partial charge < -0.3 is 9.47 Å². The van der Waals surface area contributed by atoms with E-state index in [-0.39, 0.29) is 21.1 Å². The lowest BCUT2D eigenvalue weighted by Crippen LogP contribution is -2.33. The highest BCUT2D eigenvalue weighted by Crippen LogP contribution is 2.33. The van der Waals surface area contributed by atoms with E-state index in [1.54, 1.807) is 0 Å². The van der Waals surface area contributed by atoms with Crippen LogP contribution in [-0.4, -0.2) is 65.7 Å². The maximum absolute atomic E-state index is 12.9. The van der Waals surface area contributed by atoms with Gasteiger partial charge in [-0.15, -0.1) is 0 Å². The number of ether oxygens (including phenoxy) is 2. The third-order valence-electron chi connectivity index (χ3n) is 4.34. The Kier molecular flexibility index (Phi) is 5.57. The van der Waals surface area contributed by atoms with E-state index >= 15 is 0 Å². The van der Waals surface area contributed by atoms with Gasteiger partial charge in [-0.25, -0.2) is 25.4 Å². The topological polar surface area (TPSA) is 110 Å². The number of nitrogens with zero attached hydrogens (tertiary/aromatic N) is 2. The number of benzene rings is 2. The van der Waals surface area contributed by atoms with Crippen LogP contribution in [0.25, 0.3) is 0 Å². The summed E-state index contributed by atoms with van der Waals surface area (Å²) in [4.78, 5) is 12.6. The second-order valence-electron chi connectivity index (χ2n) is 6.39. The lowest BCUT2D eigenvalue weighted by Gasteiger charge is -2.21. The summed E-state index contributed by atoms with van der Waals surface area (Å²) in [6.45, 7) is 0.671. The minimum atomic E-state index is -4.15. The van der Waals surface area contributed by atoms with Gasteiger partial charge in [0.2, 0.25) is 10.0 Å². The van der Waals surface area contributed by atoms with Gasteiger partial charge in [-0.3, -0.25) is 4.79 Å². The van der Waals surface area contributed by atoms with Gasteiger partial charge in [0.05, 0.1) is 9.79 Å². The molecule has 1 amide bonds. The van der Waals surface area contributed by atoms with Crippen molar-refractivity contribution >= 4 is 26.0 Å². The van der Waals surface area contributed by atoms with Crippen LogP contribution in [0.1, 0.15) is 10.4 Å². The first-order valence-electron chi connectivity index (χ1n) is 8.50. The van der Waals surface area contributed by atoms with Gasteiger partial charge in [-0.1, -0.05) is 0 Å². The largest absolute Gasteiger partial charge is 0.486 e. The molecule has 2 aromatic rings. The van der Waals surface area contributed by atoms with Gasteiger partial charge in [-0.05, 0) is 36.4 Å². The Balaban J connectivity index is 1.87. The molecular formula is C18H20N2O7S2. The van der Waals surface area contributed by atoms with E-state index < -0.39 is 26.0 Å². The summed E-state index contributed by atoms with van der Waals surface area (Å²) in [5.41, 5.74) is 0.0336. The van der Waals surface area contributed by atoms with Crippen molar-refractivity contribution in [1.29, 1.82) is 0 Å². The first kappa shape index (κ1) is 21.1. The normalized spacial score (nSPS) is 13.9. The quantitative estimate of drug-likeness (QED) is 0.686. The molecule has 0 saturated heterocycles. The second kappa shape index (κ2) is 7.65. The van der Waals surface area contributed by atoms with E-state index in [4.69, 9.17) is 9.47 Å². The summed E-state index contributed by atoms with van der Waals surface area (Å²) >= 11 is 0. The van der Waals surface area contributed by atoms with Crippen molar-refractivity contribution in [2.45, 2.75) is 9.79 Å². The lowest BCUT2D eigenvalue weighted by atomic mass is 10.2. The van der Waals surface area contributed by atoms with Crippen LogP contribution in [-0.2, 0) is 20.0 Å². The summed E-state index contributed by atoms with van der Waals surface area (Å²) in [5.74, 6) is -0.0769. The van der Waals surface area contributed by atoms with Crippen molar-refractivity contribution < 1.29 is 31.1 Å². The first-order valence-corrected chi connectivity index (χ1v) is 11.4. The highest BCUT2D eigenvalue weighted by atomic mass is 32.2. The van der Waals surface area contributed by atoms with Crippen LogP contribution < -0.4 is 9.47 Å². The molecule has 0 saturated carbocycles. The van der Waals surface area contributed by atoms with Crippen molar-refractivity contribution in [2.24, 2.45) is 0 Å². The van der Waals surface area contributed by atoms with E-state index in [1.165, 1.54) is 56.6 Å². The average molecular weight is 440 g/mol. The van der Waals surface area contributed by atoms with Crippen LogP contribution in [0.5, 0.6) is 11.5 Å². The van der Waals surface area contributed by atoms with Crippen LogP contribution in [0.2, 0.25) is 0 Å². The fourth-order valence-corrected chi connectivity index (χ4v) is 4.65. The summed E-state index contributed by atoms with van der Waals surface area (Å²) in [6, 6.07) is 9.17. The number of carbonyl (C=O) groups excluding carboxylic acids is 1. The monoisotopic (exact) mass is 440 g/mol. The Morgan fingerprint density at radius 1 is 0.793 bits per heavy atom. The molecule has 0 bridgehead atoms. The Bertz CT molecular complexity index is 1140. The van der Waals surface area contributed by atoms with Crippen LogP contribution in [0.4, 0.5) is 0 Å². The highest BCUT2D eigenvalue weighted by Gasteiger charge is 2.28. The molecule has 0 fully saturated rings.